The van der Waals surface area contributed by atoms with E-state index in [0.29, 0.717) is 32.7 Å². The Labute approximate surface area is 193 Å². The highest BCUT2D eigenvalue weighted by Crippen LogP contribution is 2.13. The highest BCUT2D eigenvalue weighted by Gasteiger charge is 2.21. The van der Waals surface area contributed by atoms with Gasteiger partial charge in [-0.05, 0) is 37.5 Å². The highest BCUT2D eigenvalue weighted by molar-refractivity contribution is 5.84. The average Bonchev–Trinajstić information content (AvgIpc) is 3.20. The first-order valence-electron chi connectivity index (χ1n) is 11.7. The number of carbonyl (C=O) groups is 2. The lowest BCUT2D eigenvalue weighted by Crippen LogP contribution is -2.44. The highest BCUT2D eigenvalue weighted by atomic mass is 16.5. The van der Waals surface area contributed by atoms with Crippen LogP contribution in [-0.4, -0.2) is 59.5 Å². The molecule has 0 radical (unpaired) electrons. The topological polar surface area (TPSA) is 54.8 Å². The largest absolute Gasteiger partial charge is 0.383 e. The molecule has 0 saturated carbocycles. The van der Waals surface area contributed by atoms with E-state index in [4.69, 9.17) is 4.74 Å². The van der Waals surface area contributed by atoms with Crippen LogP contribution >= 0.6 is 0 Å². The third-order valence-electron chi connectivity index (χ3n) is 5.55. The molecule has 1 aromatic heterocycles. The van der Waals surface area contributed by atoms with Gasteiger partial charge in [0, 0.05) is 45.1 Å². The Morgan fingerprint density at radius 2 is 1.81 bits per heavy atom. The van der Waals surface area contributed by atoms with Gasteiger partial charge in [-0.2, -0.15) is 0 Å². The second kappa shape index (κ2) is 13.7. The van der Waals surface area contributed by atoms with Gasteiger partial charge in [0.2, 0.25) is 11.8 Å². The Morgan fingerprint density at radius 1 is 1.00 bits per heavy atom. The Balaban J connectivity index is 2.13. The van der Waals surface area contributed by atoms with Crippen LogP contribution in [0.15, 0.2) is 42.6 Å². The molecule has 6 heteroatoms. The van der Waals surface area contributed by atoms with E-state index in [9.17, 15) is 9.59 Å². The lowest BCUT2D eigenvalue weighted by Gasteiger charge is -2.28. The molecule has 0 aliphatic rings. The van der Waals surface area contributed by atoms with Crippen LogP contribution in [0.5, 0.6) is 0 Å². The van der Waals surface area contributed by atoms with Gasteiger partial charge in [0.25, 0.3) is 0 Å². The van der Waals surface area contributed by atoms with Crippen molar-refractivity contribution in [3.63, 3.8) is 0 Å². The summed E-state index contributed by atoms with van der Waals surface area (Å²) < 4.78 is 7.35. The van der Waals surface area contributed by atoms with Crippen molar-refractivity contribution in [2.45, 2.75) is 59.5 Å². The molecule has 0 saturated heterocycles. The molecule has 2 aromatic rings. The zero-order valence-electron chi connectivity index (χ0n) is 20.2. The predicted octanol–water partition coefficient (Wildman–Crippen LogP) is 4.25. The summed E-state index contributed by atoms with van der Waals surface area (Å²) in [6.07, 6.45) is 5.23. The number of hydrogen-bond acceptors (Lipinski definition) is 3. The number of rotatable bonds is 14. The summed E-state index contributed by atoms with van der Waals surface area (Å²) in [5, 5.41) is 0. The number of methoxy groups -OCH3 is 1. The van der Waals surface area contributed by atoms with Gasteiger partial charge in [-0.1, -0.05) is 50.1 Å². The van der Waals surface area contributed by atoms with Crippen LogP contribution in [0.4, 0.5) is 0 Å². The van der Waals surface area contributed by atoms with E-state index < -0.39 is 0 Å². The van der Waals surface area contributed by atoms with Crippen LogP contribution < -0.4 is 0 Å². The summed E-state index contributed by atoms with van der Waals surface area (Å²) in [4.78, 5) is 29.3. The maximum atomic E-state index is 13.3. The van der Waals surface area contributed by atoms with Gasteiger partial charge < -0.3 is 19.1 Å². The van der Waals surface area contributed by atoms with E-state index in [1.54, 1.807) is 12.0 Å². The zero-order chi connectivity index (χ0) is 23.3. The summed E-state index contributed by atoms with van der Waals surface area (Å²) in [5.41, 5.74) is 3.58. The molecular weight excluding hydrogens is 402 g/mol. The summed E-state index contributed by atoms with van der Waals surface area (Å²) in [7, 11) is 1.61. The second-order valence-electron chi connectivity index (χ2n) is 8.34. The van der Waals surface area contributed by atoms with Crippen molar-refractivity contribution in [1.82, 2.24) is 14.4 Å². The molecule has 0 fully saturated rings. The maximum absolute atomic E-state index is 13.3. The molecular formula is C26H39N3O3. The predicted molar refractivity (Wildman–Crippen MR) is 128 cm³/mol. The van der Waals surface area contributed by atoms with Crippen molar-refractivity contribution in [2.75, 3.05) is 33.4 Å². The monoisotopic (exact) mass is 441 g/mol. The Kier molecular flexibility index (Phi) is 11.0. The van der Waals surface area contributed by atoms with E-state index in [1.165, 1.54) is 11.1 Å². The fourth-order valence-corrected chi connectivity index (χ4v) is 3.72. The minimum Gasteiger partial charge on any atom is -0.383 e. The van der Waals surface area contributed by atoms with Crippen LogP contribution in [0.2, 0.25) is 0 Å². The second-order valence-corrected chi connectivity index (χ2v) is 8.34. The quantitative estimate of drug-likeness (QED) is 0.440. The first kappa shape index (κ1) is 25.7. The van der Waals surface area contributed by atoms with Gasteiger partial charge >= 0.3 is 0 Å². The first-order chi connectivity index (χ1) is 15.5. The first-order valence-corrected chi connectivity index (χ1v) is 11.7. The van der Waals surface area contributed by atoms with Crippen molar-refractivity contribution in [1.29, 1.82) is 0 Å². The molecule has 0 aliphatic heterocycles. The summed E-state index contributed by atoms with van der Waals surface area (Å²) in [6.45, 7) is 9.16. The number of carbonyl (C=O) groups excluding carboxylic acids is 2. The number of unbranched alkanes of at least 4 members (excludes halogenated alkanes) is 1. The molecule has 2 rings (SSSR count). The molecule has 0 N–H and O–H groups in total. The van der Waals surface area contributed by atoms with Crippen LogP contribution in [0.25, 0.3) is 0 Å². The molecule has 0 atom stereocenters. The molecule has 176 valence electrons. The minimum absolute atomic E-state index is 0.0103. The van der Waals surface area contributed by atoms with Crippen molar-refractivity contribution in [3.05, 3.63) is 59.4 Å². The van der Waals surface area contributed by atoms with E-state index in [2.05, 4.69) is 54.9 Å². The summed E-state index contributed by atoms with van der Waals surface area (Å²) in [6, 6.07) is 12.6. The average molecular weight is 442 g/mol. The maximum Gasteiger partial charge on any atom is 0.242 e. The summed E-state index contributed by atoms with van der Waals surface area (Å²) in [5.74, 6) is -0.00141. The van der Waals surface area contributed by atoms with Crippen molar-refractivity contribution >= 4 is 11.8 Å². The number of ether oxygens (including phenoxy) is 1. The van der Waals surface area contributed by atoms with Crippen molar-refractivity contribution in [3.8, 4) is 0 Å². The molecule has 1 heterocycles. The molecule has 6 nitrogen and oxygen atoms in total. The lowest BCUT2D eigenvalue weighted by atomic mass is 10.1. The Hall–Kier alpha value is -2.60. The minimum atomic E-state index is -0.0117. The number of aromatic nitrogens is 1. The van der Waals surface area contributed by atoms with Crippen molar-refractivity contribution < 1.29 is 14.3 Å². The van der Waals surface area contributed by atoms with Crippen LogP contribution in [0, 0.1) is 6.92 Å². The SMILES string of the molecule is CCCCN(Cc1cccn1Cc1cccc(C)c1)C(=O)CN(CCOC)C(=O)CCC. The Morgan fingerprint density at radius 3 is 2.50 bits per heavy atom. The normalized spacial score (nSPS) is 10.9. The molecule has 0 bridgehead atoms. The molecule has 0 unspecified atom stereocenters. The van der Waals surface area contributed by atoms with Gasteiger partial charge in [-0.15, -0.1) is 0 Å². The smallest absolute Gasteiger partial charge is 0.242 e. The third-order valence-corrected chi connectivity index (χ3v) is 5.55. The lowest BCUT2D eigenvalue weighted by molar-refractivity contribution is -0.141. The molecule has 32 heavy (non-hydrogen) atoms. The van der Waals surface area contributed by atoms with E-state index >= 15 is 0 Å². The molecule has 0 spiro atoms. The van der Waals surface area contributed by atoms with Gasteiger partial charge in [0.1, 0.15) is 0 Å². The van der Waals surface area contributed by atoms with Crippen LogP contribution in [0.3, 0.4) is 0 Å². The number of aryl methyl sites for hydroxylation is 1. The van der Waals surface area contributed by atoms with Gasteiger partial charge in [-0.25, -0.2) is 0 Å². The number of hydrogen-bond donors (Lipinski definition) is 0. The standard InChI is InChI=1S/C26H39N3O3/c1-5-7-14-28(26(31)21-29(16-17-32-4)25(30)10-6-2)20-24-13-9-15-27(24)19-23-12-8-11-22(3)18-23/h8-9,11-13,15,18H,5-7,10,14,16-17,19-21H2,1-4H3. The fourth-order valence-electron chi connectivity index (χ4n) is 3.72. The van der Waals surface area contributed by atoms with Gasteiger partial charge in [0.05, 0.1) is 19.7 Å². The van der Waals surface area contributed by atoms with Gasteiger partial charge in [0.15, 0.2) is 0 Å². The summed E-state index contributed by atoms with van der Waals surface area (Å²) >= 11 is 0. The van der Waals surface area contributed by atoms with E-state index in [1.807, 2.05) is 17.9 Å². The third kappa shape index (κ3) is 8.15. The molecule has 1 aromatic carbocycles. The number of benzene rings is 1. The molecule has 2 amide bonds. The number of nitrogens with zero attached hydrogens (tertiary/aromatic N) is 3. The molecule has 0 aliphatic carbocycles. The van der Waals surface area contributed by atoms with E-state index in [0.717, 1.165) is 31.5 Å². The fraction of sp³-hybridized carbons (Fsp3) is 0.538. The van der Waals surface area contributed by atoms with Crippen molar-refractivity contribution in [2.24, 2.45) is 0 Å². The van der Waals surface area contributed by atoms with Crippen LogP contribution in [0.1, 0.15) is 56.4 Å². The zero-order valence-corrected chi connectivity index (χ0v) is 20.2. The van der Waals surface area contributed by atoms with Crippen LogP contribution in [-0.2, 0) is 27.4 Å². The Bertz CT molecular complexity index is 846. The van der Waals surface area contributed by atoms with E-state index in [-0.39, 0.29) is 18.4 Å². The van der Waals surface area contributed by atoms with Gasteiger partial charge in [-0.3, -0.25) is 9.59 Å². The number of amides is 2.